The van der Waals surface area contributed by atoms with Gasteiger partial charge in [-0.2, -0.15) is 13.2 Å². The molecule has 53 heavy (non-hydrogen) atoms. The minimum atomic E-state index is -4.56. The highest BCUT2D eigenvalue weighted by Crippen LogP contribution is 2.45. The van der Waals surface area contributed by atoms with Gasteiger partial charge in [0.2, 0.25) is 0 Å². The second-order valence-electron chi connectivity index (χ2n) is 13.2. The van der Waals surface area contributed by atoms with Gasteiger partial charge in [-0.3, -0.25) is 9.59 Å². The van der Waals surface area contributed by atoms with Gasteiger partial charge in [0, 0.05) is 21.9 Å². The Morgan fingerprint density at radius 3 is 1.77 bits per heavy atom. The third kappa shape index (κ3) is 5.15. The molecule has 9 rings (SSSR count). The van der Waals surface area contributed by atoms with Gasteiger partial charge in [-0.05, 0) is 59.5 Å². The summed E-state index contributed by atoms with van der Waals surface area (Å²) >= 11 is 0. The van der Waals surface area contributed by atoms with Crippen molar-refractivity contribution in [1.29, 1.82) is 0 Å². The number of halogens is 3. The molecule has 8 aromatic rings. The zero-order valence-corrected chi connectivity index (χ0v) is 28.4. The number of carbonyl (C=O) groups is 2. The highest BCUT2D eigenvalue weighted by molar-refractivity contribution is 6.37. The molecule has 0 aliphatic carbocycles. The standard InChI is InChI=1S/C46H29F3N2O2/c1-28-22-24-32(38(26-28)46(47,48)49)31-23-25-36-35-16-8-9-20-39(35)50(41(36)27-31)40-21-11-19-37-42(40)45(53)51(44(37)52)43-33(29-12-4-2-5-13-29)17-10-18-34(43)30-14-6-3-7-15-30/h2-27H,1H3. The van der Waals surface area contributed by atoms with E-state index in [1.54, 1.807) is 43.3 Å². The maximum absolute atomic E-state index is 15.0. The van der Waals surface area contributed by atoms with Crippen LogP contribution in [0, 0.1) is 6.92 Å². The number of anilines is 1. The molecule has 1 aliphatic heterocycles. The Hall–Kier alpha value is -6.73. The third-order valence-electron chi connectivity index (χ3n) is 10.0. The summed E-state index contributed by atoms with van der Waals surface area (Å²) in [5, 5.41) is 1.66. The van der Waals surface area contributed by atoms with Crippen LogP contribution in [-0.2, 0) is 6.18 Å². The zero-order valence-electron chi connectivity index (χ0n) is 28.4. The fourth-order valence-corrected chi connectivity index (χ4v) is 7.68. The summed E-state index contributed by atoms with van der Waals surface area (Å²) in [5.74, 6) is -0.940. The van der Waals surface area contributed by atoms with Crippen molar-refractivity contribution < 1.29 is 22.8 Å². The molecule has 0 saturated heterocycles. The summed E-state index contributed by atoms with van der Waals surface area (Å²) in [4.78, 5) is 30.9. The molecule has 0 radical (unpaired) electrons. The highest BCUT2D eigenvalue weighted by Gasteiger charge is 2.41. The summed E-state index contributed by atoms with van der Waals surface area (Å²) in [7, 11) is 0. The summed E-state index contributed by atoms with van der Waals surface area (Å²) in [6, 6.07) is 47.5. The van der Waals surface area contributed by atoms with E-state index in [4.69, 9.17) is 0 Å². The molecule has 256 valence electrons. The lowest BCUT2D eigenvalue weighted by Crippen LogP contribution is -2.30. The van der Waals surface area contributed by atoms with E-state index in [0.29, 0.717) is 28.0 Å². The van der Waals surface area contributed by atoms with Crippen LogP contribution in [-0.4, -0.2) is 16.4 Å². The highest BCUT2D eigenvalue weighted by atomic mass is 19.4. The molecule has 2 amide bonds. The van der Waals surface area contributed by atoms with Crippen LogP contribution in [0.5, 0.6) is 0 Å². The number of para-hydroxylation sites is 2. The zero-order chi connectivity index (χ0) is 36.4. The van der Waals surface area contributed by atoms with Crippen molar-refractivity contribution in [2.45, 2.75) is 13.1 Å². The molecule has 4 nitrogen and oxygen atoms in total. The first-order valence-electron chi connectivity index (χ1n) is 17.2. The number of benzene rings is 7. The molecule has 1 aliphatic rings. The van der Waals surface area contributed by atoms with Crippen molar-refractivity contribution >= 4 is 39.3 Å². The van der Waals surface area contributed by atoms with Crippen LogP contribution in [0.25, 0.3) is 60.9 Å². The van der Waals surface area contributed by atoms with Crippen LogP contribution in [0.2, 0.25) is 0 Å². The van der Waals surface area contributed by atoms with Crippen molar-refractivity contribution in [2.75, 3.05) is 4.90 Å². The first-order valence-corrected chi connectivity index (χ1v) is 17.2. The molecule has 0 fully saturated rings. The largest absolute Gasteiger partial charge is 0.417 e. The first kappa shape index (κ1) is 32.2. The summed E-state index contributed by atoms with van der Waals surface area (Å²) in [5.41, 5.74) is 6.15. The second kappa shape index (κ2) is 12.2. The number of alkyl halides is 3. The topological polar surface area (TPSA) is 42.3 Å². The maximum Gasteiger partial charge on any atom is 0.417 e. The summed E-state index contributed by atoms with van der Waals surface area (Å²) in [6.07, 6.45) is -4.56. The van der Waals surface area contributed by atoms with Gasteiger partial charge in [-0.15, -0.1) is 0 Å². The smallest absolute Gasteiger partial charge is 0.308 e. The minimum Gasteiger partial charge on any atom is -0.308 e. The minimum absolute atomic E-state index is 0.0588. The molecule has 0 spiro atoms. The van der Waals surface area contributed by atoms with Gasteiger partial charge in [-0.25, -0.2) is 4.90 Å². The predicted molar refractivity (Wildman–Crippen MR) is 204 cm³/mol. The Bertz CT molecular complexity index is 2710. The lowest BCUT2D eigenvalue weighted by molar-refractivity contribution is -0.137. The van der Waals surface area contributed by atoms with Crippen LogP contribution in [0.1, 0.15) is 31.8 Å². The van der Waals surface area contributed by atoms with Gasteiger partial charge in [0.25, 0.3) is 11.8 Å². The number of carbonyl (C=O) groups excluding carboxylic acids is 2. The van der Waals surface area contributed by atoms with E-state index >= 15 is 4.79 Å². The quantitative estimate of drug-likeness (QED) is 0.168. The number of nitrogens with zero attached hydrogens (tertiary/aromatic N) is 2. The van der Waals surface area contributed by atoms with Crippen molar-refractivity contribution in [3.8, 4) is 39.1 Å². The van der Waals surface area contributed by atoms with E-state index in [1.165, 1.54) is 11.0 Å². The summed E-state index contributed by atoms with van der Waals surface area (Å²) < 4.78 is 44.9. The van der Waals surface area contributed by atoms with Crippen molar-refractivity contribution in [3.05, 3.63) is 180 Å². The number of rotatable bonds is 5. The van der Waals surface area contributed by atoms with Gasteiger partial charge in [0.05, 0.1) is 39.1 Å². The molecule has 1 aromatic heterocycles. The number of aromatic nitrogens is 1. The van der Waals surface area contributed by atoms with Gasteiger partial charge >= 0.3 is 6.18 Å². The number of amides is 2. The molecule has 0 unspecified atom stereocenters. The molecule has 7 aromatic carbocycles. The van der Waals surface area contributed by atoms with Crippen LogP contribution in [0.3, 0.4) is 0 Å². The molecular formula is C46H29F3N2O2. The molecule has 0 bridgehead atoms. The SMILES string of the molecule is Cc1ccc(-c2ccc3c4ccccc4n(-c4cccc5c4C(=O)N(c4c(-c6ccccc6)cccc4-c4ccccc4)C5=O)c3c2)c(C(F)(F)F)c1. The number of fused-ring (bicyclic) bond motifs is 4. The fraction of sp³-hybridized carbons (Fsp3) is 0.0435. The first-order chi connectivity index (χ1) is 25.7. The number of imide groups is 1. The lowest BCUT2D eigenvalue weighted by atomic mass is 9.95. The van der Waals surface area contributed by atoms with Crippen molar-refractivity contribution in [1.82, 2.24) is 4.57 Å². The van der Waals surface area contributed by atoms with Crippen LogP contribution < -0.4 is 4.90 Å². The fourth-order valence-electron chi connectivity index (χ4n) is 7.68. The van der Waals surface area contributed by atoms with E-state index in [9.17, 15) is 18.0 Å². The average molecular weight is 699 g/mol. The summed E-state index contributed by atoms with van der Waals surface area (Å²) in [6.45, 7) is 1.64. The normalized spacial score (nSPS) is 12.9. The average Bonchev–Trinajstić information content (AvgIpc) is 3.64. The van der Waals surface area contributed by atoms with Crippen molar-refractivity contribution in [3.63, 3.8) is 0 Å². The Balaban J connectivity index is 1.28. The van der Waals surface area contributed by atoms with E-state index in [1.807, 2.05) is 114 Å². The van der Waals surface area contributed by atoms with Gasteiger partial charge in [0.15, 0.2) is 0 Å². The van der Waals surface area contributed by atoms with Crippen LogP contribution in [0.4, 0.5) is 18.9 Å². The maximum atomic E-state index is 15.0. The monoisotopic (exact) mass is 698 g/mol. The van der Waals surface area contributed by atoms with E-state index in [0.717, 1.165) is 44.6 Å². The number of hydrogen-bond acceptors (Lipinski definition) is 2. The van der Waals surface area contributed by atoms with E-state index < -0.39 is 23.6 Å². The van der Waals surface area contributed by atoms with Gasteiger partial charge < -0.3 is 4.57 Å². The lowest BCUT2D eigenvalue weighted by Gasteiger charge is -2.23. The molecule has 0 atom stereocenters. The van der Waals surface area contributed by atoms with Gasteiger partial charge in [-0.1, -0.05) is 133 Å². The predicted octanol–water partition coefficient (Wildman–Crippen LogP) is 11.9. The van der Waals surface area contributed by atoms with Crippen LogP contribution in [0.15, 0.2) is 158 Å². The number of hydrogen-bond donors (Lipinski definition) is 0. The Labute approximate surface area is 303 Å². The Morgan fingerprint density at radius 1 is 0.491 bits per heavy atom. The molecule has 0 N–H and O–H groups in total. The Kier molecular flexibility index (Phi) is 7.41. The van der Waals surface area contributed by atoms with E-state index in [-0.39, 0.29) is 16.7 Å². The van der Waals surface area contributed by atoms with Crippen molar-refractivity contribution in [2.24, 2.45) is 0 Å². The molecular weight excluding hydrogens is 670 g/mol. The van der Waals surface area contributed by atoms with Crippen LogP contribution >= 0.6 is 0 Å². The molecule has 7 heteroatoms. The molecule has 2 heterocycles. The third-order valence-corrected chi connectivity index (χ3v) is 10.0. The molecule has 0 saturated carbocycles. The Morgan fingerprint density at radius 2 is 1.09 bits per heavy atom. The number of aryl methyl sites for hydroxylation is 1. The van der Waals surface area contributed by atoms with Gasteiger partial charge in [0.1, 0.15) is 0 Å². The van der Waals surface area contributed by atoms with E-state index in [2.05, 4.69) is 0 Å². The second-order valence-corrected chi connectivity index (χ2v) is 13.2.